The third-order valence-electron chi connectivity index (χ3n) is 2.57. The molecule has 0 heterocycles. The second kappa shape index (κ2) is 8.34. The van der Waals surface area contributed by atoms with Crippen molar-refractivity contribution in [2.45, 2.75) is 18.9 Å². The van der Waals surface area contributed by atoms with E-state index in [-0.39, 0.29) is 25.9 Å². The molecule has 0 saturated carbocycles. The molecule has 0 aliphatic rings. The third-order valence-corrected chi connectivity index (χ3v) is 2.57. The van der Waals surface area contributed by atoms with E-state index < -0.39 is 6.09 Å². The summed E-state index contributed by atoms with van der Waals surface area (Å²) in [4.78, 5) is 10.6. The van der Waals surface area contributed by atoms with Gasteiger partial charge in [0, 0.05) is 12.6 Å². The van der Waals surface area contributed by atoms with Crippen molar-refractivity contribution in [3.8, 4) is 5.75 Å². The van der Waals surface area contributed by atoms with Gasteiger partial charge in [-0.2, -0.15) is 0 Å². The number of ether oxygens (including phenoxy) is 1. The molecule has 1 rings (SSSR count). The molecule has 6 heteroatoms. The lowest BCUT2D eigenvalue weighted by Gasteiger charge is -2.16. The molecule has 1 unspecified atom stereocenters. The molecule has 1 atom stereocenters. The number of carbonyl (C=O) groups is 1. The van der Waals surface area contributed by atoms with Crippen LogP contribution in [0.2, 0.25) is 0 Å². The van der Waals surface area contributed by atoms with E-state index in [1.54, 1.807) is 12.1 Å². The van der Waals surface area contributed by atoms with Crippen LogP contribution in [0.25, 0.3) is 0 Å². The zero-order valence-electron chi connectivity index (χ0n) is 10.6. The highest BCUT2D eigenvalue weighted by Crippen LogP contribution is 2.14. The van der Waals surface area contributed by atoms with E-state index in [2.05, 4.69) is 5.32 Å². The molecule has 0 aliphatic carbocycles. The Bertz CT molecular complexity index is 379. The zero-order valence-corrected chi connectivity index (χ0v) is 10.6. The van der Waals surface area contributed by atoms with Gasteiger partial charge in [-0.25, -0.2) is 4.79 Å². The summed E-state index contributed by atoms with van der Waals surface area (Å²) in [5.41, 5.74) is 0.948. The number of benzene rings is 1. The van der Waals surface area contributed by atoms with Crippen molar-refractivity contribution in [3.05, 3.63) is 29.8 Å². The summed E-state index contributed by atoms with van der Waals surface area (Å²) in [6.45, 7) is 0.137. The summed E-state index contributed by atoms with van der Waals surface area (Å²) in [6.07, 6.45) is -0.219. The van der Waals surface area contributed by atoms with Gasteiger partial charge in [0.2, 0.25) is 0 Å². The van der Waals surface area contributed by atoms with E-state index in [1.807, 2.05) is 12.1 Å². The highest BCUT2D eigenvalue weighted by Gasteiger charge is 2.11. The minimum atomic E-state index is -1.10. The quantitative estimate of drug-likeness (QED) is 0.554. The molecule has 1 aromatic carbocycles. The Morgan fingerprint density at radius 2 is 1.89 bits per heavy atom. The normalized spacial score (nSPS) is 11.9. The lowest BCUT2D eigenvalue weighted by Crippen LogP contribution is -2.36. The van der Waals surface area contributed by atoms with E-state index in [1.165, 1.54) is 0 Å². The van der Waals surface area contributed by atoms with Gasteiger partial charge in [-0.3, -0.25) is 0 Å². The van der Waals surface area contributed by atoms with E-state index >= 15 is 0 Å². The van der Waals surface area contributed by atoms with Crippen molar-refractivity contribution in [3.63, 3.8) is 0 Å². The molecule has 4 N–H and O–H groups in total. The lowest BCUT2D eigenvalue weighted by molar-refractivity contribution is 0.185. The van der Waals surface area contributed by atoms with Crippen molar-refractivity contribution < 1.29 is 24.9 Å². The topological polar surface area (TPSA) is 99.0 Å². The minimum Gasteiger partial charge on any atom is -0.491 e. The highest BCUT2D eigenvalue weighted by molar-refractivity contribution is 5.64. The van der Waals surface area contributed by atoms with Crippen LogP contribution in [0.1, 0.15) is 12.0 Å². The van der Waals surface area contributed by atoms with Gasteiger partial charge in [0.05, 0.1) is 6.61 Å². The number of hydrogen-bond acceptors (Lipinski definition) is 4. The molecule has 19 heavy (non-hydrogen) atoms. The van der Waals surface area contributed by atoms with Gasteiger partial charge >= 0.3 is 6.09 Å². The Kier molecular flexibility index (Phi) is 6.70. The van der Waals surface area contributed by atoms with Gasteiger partial charge in [0.15, 0.2) is 0 Å². The number of amides is 1. The molecule has 0 bridgehead atoms. The van der Waals surface area contributed by atoms with Crippen LogP contribution in [-0.4, -0.2) is 47.3 Å². The maximum absolute atomic E-state index is 10.6. The summed E-state index contributed by atoms with van der Waals surface area (Å²) >= 11 is 0. The van der Waals surface area contributed by atoms with Gasteiger partial charge in [0.1, 0.15) is 12.4 Å². The fourth-order valence-corrected chi connectivity index (χ4v) is 1.73. The summed E-state index contributed by atoms with van der Waals surface area (Å²) in [6, 6.07) is 6.89. The number of nitrogens with one attached hydrogen (secondary N) is 1. The Morgan fingerprint density at radius 1 is 1.21 bits per heavy atom. The molecular weight excluding hydrogens is 250 g/mol. The monoisotopic (exact) mass is 269 g/mol. The lowest BCUT2D eigenvalue weighted by atomic mass is 10.0. The van der Waals surface area contributed by atoms with E-state index in [9.17, 15) is 4.79 Å². The number of hydrogen-bond donors (Lipinski definition) is 4. The average Bonchev–Trinajstić information content (AvgIpc) is 2.37. The highest BCUT2D eigenvalue weighted by atomic mass is 16.5. The number of rotatable bonds is 8. The second-order valence-electron chi connectivity index (χ2n) is 4.08. The van der Waals surface area contributed by atoms with Crippen molar-refractivity contribution in [1.82, 2.24) is 5.32 Å². The molecule has 0 spiro atoms. The maximum Gasteiger partial charge on any atom is 0.404 e. The van der Waals surface area contributed by atoms with Crippen molar-refractivity contribution >= 4 is 6.09 Å². The fraction of sp³-hybridized carbons (Fsp3) is 0.462. The third kappa shape index (κ3) is 6.08. The van der Waals surface area contributed by atoms with Gasteiger partial charge < -0.3 is 25.4 Å². The molecule has 0 aliphatic heterocycles. The standard InChI is InChI=1S/C13H19NO5/c15-6-5-11(14-13(17)18)9-10-1-3-12(4-2-10)19-8-7-16/h1-4,11,14-16H,5-9H2,(H,17,18). The summed E-state index contributed by atoms with van der Waals surface area (Å²) < 4.78 is 5.23. The molecule has 1 aromatic rings. The molecular formula is C13H19NO5. The smallest absolute Gasteiger partial charge is 0.404 e. The molecule has 0 fully saturated rings. The Balaban J connectivity index is 2.56. The molecule has 6 nitrogen and oxygen atoms in total. The summed E-state index contributed by atoms with van der Waals surface area (Å²) in [7, 11) is 0. The summed E-state index contributed by atoms with van der Waals surface area (Å²) in [5, 5.41) is 28.6. The van der Waals surface area contributed by atoms with Crippen LogP contribution in [0.3, 0.4) is 0 Å². The number of carboxylic acid groups (broad SMARTS) is 1. The Morgan fingerprint density at radius 3 is 2.42 bits per heavy atom. The van der Waals surface area contributed by atoms with Crippen LogP contribution in [0.4, 0.5) is 4.79 Å². The van der Waals surface area contributed by atoms with Crippen LogP contribution >= 0.6 is 0 Å². The minimum absolute atomic E-state index is 0.0388. The first kappa shape index (κ1) is 15.3. The van der Waals surface area contributed by atoms with Gasteiger partial charge in [-0.1, -0.05) is 12.1 Å². The van der Waals surface area contributed by atoms with Gasteiger partial charge in [0.25, 0.3) is 0 Å². The first-order chi connectivity index (χ1) is 9.15. The van der Waals surface area contributed by atoms with Crippen molar-refractivity contribution in [2.75, 3.05) is 19.8 Å². The van der Waals surface area contributed by atoms with Gasteiger partial charge in [-0.15, -0.1) is 0 Å². The molecule has 1 amide bonds. The predicted molar refractivity (Wildman–Crippen MR) is 69.4 cm³/mol. The molecule has 0 saturated heterocycles. The summed E-state index contributed by atoms with van der Waals surface area (Å²) in [5.74, 6) is 0.655. The van der Waals surface area contributed by atoms with E-state index in [4.69, 9.17) is 20.1 Å². The molecule has 0 aromatic heterocycles. The predicted octanol–water partition coefficient (Wildman–Crippen LogP) is 0.619. The van der Waals surface area contributed by atoms with E-state index in [0.29, 0.717) is 18.6 Å². The maximum atomic E-state index is 10.6. The number of aliphatic hydroxyl groups excluding tert-OH is 2. The first-order valence-corrected chi connectivity index (χ1v) is 6.08. The first-order valence-electron chi connectivity index (χ1n) is 6.08. The van der Waals surface area contributed by atoms with Crippen molar-refractivity contribution in [2.24, 2.45) is 0 Å². The molecule has 106 valence electrons. The van der Waals surface area contributed by atoms with Crippen LogP contribution in [0, 0.1) is 0 Å². The molecule has 0 radical (unpaired) electrons. The average molecular weight is 269 g/mol. The van der Waals surface area contributed by atoms with Crippen LogP contribution < -0.4 is 10.1 Å². The Hall–Kier alpha value is -1.79. The van der Waals surface area contributed by atoms with Crippen LogP contribution in [0.15, 0.2) is 24.3 Å². The fourth-order valence-electron chi connectivity index (χ4n) is 1.73. The van der Waals surface area contributed by atoms with Crippen molar-refractivity contribution in [1.29, 1.82) is 0 Å². The Labute approximate surface area is 111 Å². The largest absolute Gasteiger partial charge is 0.491 e. The zero-order chi connectivity index (χ0) is 14.1. The van der Waals surface area contributed by atoms with Gasteiger partial charge in [-0.05, 0) is 30.5 Å². The second-order valence-corrected chi connectivity index (χ2v) is 4.08. The van der Waals surface area contributed by atoms with E-state index in [0.717, 1.165) is 5.56 Å². The van der Waals surface area contributed by atoms with Crippen LogP contribution in [0.5, 0.6) is 5.75 Å². The van der Waals surface area contributed by atoms with Crippen LogP contribution in [-0.2, 0) is 6.42 Å². The number of aliphatic hydroxyl groups is 2. The SMILES string of the molecule is O=C(O)NC(CCO)Cc1ccc(OCCO)cc1.